The van der Waals surface area contributed by atoms with Crippen molar-refractivity contribution in [2.45, 2.75) is 18.8 Å². The highest BCUT2D eigenvalue weighted by molar-refractivity contribution is 6.42. The molecule has 0 radical (unpaired) electrons. The number of hydrogen-bond acceptors (Lipinski definition) is 3. The molecule has 5 nitrogen and oxygen atoms in total. The van der Waals surface area contributed by atoms with Gasteiger partial charge >= 0.3 is 6.03 Å². The van der Waals surface area contributed by atoms with Crippen molar-refractivity contribution in [1.82, 2.24) is 9.97 Å². The molecule has 0 unspecified atom stereocenters. The Morgan fingerprint density at radius 2 is 1.82 bits per heavy atom. The van der Waals surface area contributed by atoms with E-state index < -0.39 is 6.03 Å². The minimum atomic E-state index is -0.484. The highest BCUT2D eigenvalue weighted by Crippen LogP contribution is 2.39. The number of rotatable bonds is 3. The van der Waals surface area contributed by atoms with E-state index in [1.807, 2.05) is 0 Å². The molecule has 2 amide bonds. The quantitative estimate of drug-likeness (QED) is 0.763. The van der Waals surface area contributed by atoms with Crippen LogP contribution < -0.4 is 10.6 Å². The molecule has 0 aliphatic heterocycles. The average Bonchev–Trinajstić information content (AvgIpc) is 3.26. The molecule has 1 heterocycles. The standard InChI is InChI=1S/C14H11Cl3N4O/c15-9-4-3-8(5-10(9)16)18-14(22)21-13-19-11(7-1-2-7)6-12(17)20-13/h3-7H,1-2H2,(H2,18,19,20,21,22). The fourth-order valence-corrected chi connectivity index (χ4v) is 2.41. The second-order valence-electron chi connectivity index (χ2n) is 4.92. The normalized spacial score (nSPS) is 13.8. The van der Waals surface area contributed by atoms with Crippen LogP contribution in [-0.2, 0) is 0 Å². The summed E-state index contributed by atoms with van der Waals surface area (Å²) in [6, 6.07) is 6.03. The first-order chi connectivity index (χ1) is 10.5. The topological polar surface area (TPSA) is 66.9 Å². The summed E-state index contributed by atoms with van der Waals surface area (Å²) in [5.74, 6) is 0.589. The summed E-state index contributed by atoms with van der Waals surface area (Å²) in [5.41, 5.74) is 1.36. The van der Waals surface area contributed by atoms with Crippen molar-refractivity contribution in [3.63, 3.8) is 0 Å². The van der Waals surface area contributed by atoms with Gasteiger partial charge in [-0.25, -0.2) is 14.8 Å². The van der Waals surface area contributed by atoms with Crippen LogP contribution in [0.25, 0.3) is 0 Å². The zero-order valence-electron chi connectivity index (χ0n) is 11.2. The van der Waals surface area contributed by atoms with Crippen molar-refractivity contribution in [3.05, 3.63) is 45.2 Å². The Bertz CT molecular complexity index is 734. The highest BCUT2D eigenvalue weighted by Gasteiger charge is 2.26. The van der Waals surface area contributed by atoms with Gasteiger partial charge in [-0.1, -0.05) is 34.8 Å². The molecular formula is C14H11Cl3N4O. The molecule has 2 N–H and O–H groups in total. The average molecular weight is 358 g/mol. The van der Waals surface area contributed by atoms with Crippen molar-refractivity contribution in [2.75, 3.05) is 10.6 Å². The molecule has 1 aromatic carbocycles. The summed E-state index contributed by atoms with van der Waals surface area (Å²) >= 11 is 17.7. The van der Waals surface area contributed by atoms with Gasteiger partial charge in [0.1, 0.15) is 5.15 Å². The molecular weight excluding hydrogens is 347 g/mol. The maximum absolute atomic E-state index is 12.0. The van der Waals surface area contributed by atoms with Crippen LogP contribution in [0, 0.1) is 0 Å². The number of urea groups is 1. The van der Waals surface area contributed by atoms with E-state index in [1.54, 1.807) is 24.3 Å². The summed E-state index contributed by atoms with van der Waals surface area (Å²) in [6.45, 7) is 0. The van der Waals surface area contributed by atoms with Gasteiger partial charge in [-0.05, 0) is 37.1 Å². The predicted molar refractivity (Wildman–Crippen MR) is 88.1 cm³/mol. The third-order valence-corrected chi connectivity index (χ3v) is 4.05. The van der Waals surface area contributed by atoms with E-state index >= 15 is 0 Å². The number of anilines is 2. The fourth-order valence-electron chi connectivity index (χ4n) is 1.92. The van der Waals surface area contributed by atoms with Crippen LogP contribution in [-0.4, -0.2) is 16.0 Å². The molecule has 0 saturated heterocycles. The number of aromatic nitrogens is 2. The van der Waals surface area contributed by atoms with Crippen LogP contribution in [0.5, 0.6) is 0 Å². The number of carbonyl (C=O) groups excluding carboxylic acids is 1. The van der Waals surface area contributed by atoms with Crippen LogP contribution in [0.4, 0.5) is 16.4 Å². The smallest absolute Gasteiger partial charge is 0.308 e. The summed E-state index contributed by atoms with van der Waals surface area (Å²) in [6.07, 6.45) is 2.17. The number of amides is 2. The fraction of sp³-hybridized carbons (Fsp3) is 0.214. The van der Waals surface area contributed by atoms with Crippen LogP contribution in [0.15, 0.2) is 24.3 Å². The molecule has 1 aliphatic rings. The van der Waals surface area contributed by atoms with Gasteiger partial charge in [0.05, 0.1) is 15.7 Å². The lowest BCUT2D eigenvalue weighted by Gasteiger charge is -2.08. The van der Waals surface area contributed by atoms with E-state index in [9.17, 15) is 4.79 Å². The molecule has 1 aliphatic carbocycles. The summed E-state index contributed by atoms with van der Waals surface area (Å²) < 4.78 is 0. The second-order valence-corrected chi connectivity index (χ2v) is 6.12. The van der Waals surface area contributed by atoms with Crippen molar-refractivity contribution in [2.24, 2.45) is 0 Å². The number of hydrogen-bond donors (Lipinski definition) is 2. The summed E-state index contributed by atoms with van der Waals surface area (Å²) in [7, 11) is 0. The van der Waals surface area contributed by atoms with E-state index in [2.05, 4.69) is 20.6 Å². The van der Waals surface area contributed by atoms with Crippen LogP contribution in [0.2, 0.25) is 15.2 Å². The zero-order valence-corrected chi connectivity index (χ0v) is 13.5. The van der Waals surface area contributed by atoms with Gasteiger partial charge in [0.25, 0.3) is 0 Å². The lowest BCUT2D eigenvalue weighted by atomic mass is 10.3. The highest BCUT2D eigenvalue weighted by atomic mass is 35.5. The van der Waals surface area contributed by atoms with Gasteiger partial charge in [-0.15, -0.1) is 0 Å². The van der Waals surface area contributed by atoms with Gasteiger partial charge in [-0.3, -0.25) is 5.32 Å². The SMILES string of the molecule is O=C(Nc1ccc(Cl)c(Cl)c1)Nc1nc(Cl)cc(C2CC2)n1. The Kier molecular flexibility index (Phi) is 4.38. The first-order valence-corrected chi connectivity index (χ1v) is 7.72. The molecule has 1 aromatic heterocycles. The maximum atomic E-state index is 12.0. The summed E-state index contributed by atoms with van der Waals surface area (Å²) in [4.78, 5) is 20.3. The molecule has 22 heavy (non-hydrogen) atoms. The van der Waals surface area contributed by atoms with Crippen LogP contribution in [0.3, 0.4) is 0 Å². The van der Waals surface area contributed by atoms with Gasteiger partial charge in [0.15, 0.2) is 0 Å². The van der Waals surface area contributed by atoms with Gasteiger partial charge < -0.3 is 5.32 Å². The molecule has 8 heteroatoms. The minimum absolute atomic E-state index is 0.173. The number of nitrogens with zero attached hydrogens (tertiary/aromatic N) is 2. The van der Waals surface area contributed by atoms with Crippen molar-refractivity contribution >= 4 is 52.5 Å². The van der Waals surface area contributed by atoms with Gasteiger partial charge in [0, 0.05) is 11.6 Å². The molecule has 1 fully saturated rings. The molecule has 114 valence electrons. The number of nitrogens with one attached hydrogen (secondary N) is 2. The zero-order chi connectivity index (χ0) is 15.7. The van der Waals surface area contributed by atoms with Crippen LogP contribution in [0.1, 0.15) is 24.5 Å². The molecule has 2 aromatic rings. The van der Waals surface area contributed by atoms with Crippen LogP contribution >= 0.6 is 34.8 Å². The number of halogens is 3. The Morgan fingerprint density at radius 3 is 2.50 bits per heavy atom. The van der Waals surface area contributed by atoms with E-state index in [1.165, 1.54) is 0 Å². The van der Waals surface area contributed by atoms with E-state index in [0.717, 1.165) is 18.5 Å². The second kappa shape index (κ2) is 6.28. The molecule has 3 rings (SSSR count). The van der Waals surface area contributed by atoms with Crippen molar-refractivity contribution in [3.8, 4) is 0 Å². The largest absolute Gasteiger partial charge is 0.326 e. The number of benzene rings is 1. The third kappa shape index (κ3) is 3.80. The molecule has 1 saturated carbocycles. The lowest BCUT2D eigenvalue weighted by Crippen LogP contribution is -2.21. The molecule has 0 spiro atoms. The minimum Gasteiger partial charge on any atom is -0.308 e. The predicted octanol–water partition coefficient (Wildman–Crippen LogP) is 4.96. The molecule has 0 atom stereocenters. The first-order valence-electron chi connectivity index (χ1n) is 6.59. The van der Waals surface area contributed by atoms with Crippen molar-refractivity contribution in [1.29, 1.82) is 0 Å². The monoisotopic (exact) mass is 356 g/mol. The first kappa shape index (κ1) is 15.3. The Labute approximate surface area is 142 Å². The third-order valence-electron chi connectivity index (χ3n) is 3.11. The maximum Gasteiger partial charge on any atom is 0.326 e. The van der Waals surface area contributed by atoms with Gasteiger partial charge in [0.2, 0.25) is 5.95 Å². The van der Waals surface area contributed by atoms with E-state index in [-0.39, 0.29) is 5.95 Å². The Hall–Kier alpha value is -1.56. The van der Waals surface area contributed by atoms with E-state index in [0.29, 0.717) is 26.8 Å². The Morgan fingerprint density at radius 1 is 1.05 bits per heavy atom. The van der Waals surface area contributed by atoms with E-state index in [4.69, 9.17) is 34.8 Å². The van der Waals surface area contributed by atoms with Gasteiger partial charge in [-0.2, -0.15) is 0 Å². The summed E-state index contributed by atoms with van der Waals surface area (Å²) in [5, 5.41) is 6.26. The number of carbonyl (C=O) groups is 1. The Balaban J connectivity index is 1.69. The lowest BCUT2D eigenvalue weighted by molar-refractivity contribution is 0.262. The van der Waals surface area contributed by atoms with Crippen molar-refractivity contribution < 1.29 is 4.79 Å². The molecule has 0 bridgehead atoms.